The van der Waals surface area contributed by atoms with Gasteiger partial charge in [0, 0.05) is 19.3 Å². The lowest BCUT2D eigenvalue weighted by Crippen LogP contribution is -2.12. The molecule has 0 spiro atoms. The van der Waals surface area contributed by atoms with Gasteiger partial charge in [-0.1, -0.05) is 6.92 Å². The van der Waals surface area contributed by atoms with Gasteiger partial charge >= 0.3 is 11.9 Å². The molecule has 0 heterocycles. The predicted molar refractivity (Wildman–Crippen MR) is 56.6 cm³/mol. The summed E-state index contributed by atoms with van der Waals surface area (Å²) in [6.45, 7) is 3.76. The van der Waals surface area contributed by atoms with Crippen LogP contribution in [0, 0.1) is 0 Å². The summed E-state index contributed by atoms with van der Waals surface area (Å²) in [5.74, 6) is -0.728. The smallest absolute Gasteiger partial charge is 0.305 e. The number of alkyl halides is 1. The average molecular weight is 234 g/mol. The Kier molecular flexibility index (Phi) is 8.48. The van der Waals surface area contributed by atoms with Crippen molar-refractivity contribution in [1.29, 1.82) is 0 Å². The Labute approximate surface area is 95.1 Å². The van der Waals surface area contributed by atoms with E-state index in [1.165, 1.54) is 0 Å². The summed E-state index contributed by atoms with van der Waals surface area (Å²) in [4.78, 5) is 21.6. The van der Waals surface area contributed by atoms with E-state index in [2.05, 4.69) is 4.74 Å². The van der Waals surface area contributed by atoms with Gasteiger partial charge < -0.3 is 9.47 Å². The molecule has 0 amide bonds. The Hall–Kier alpha value is -1.13. The van der Waals surface area contributed by atoms with Gasteiger partial charge in [-0.3, -0.25) is 9.59 Å². The number of halogens is 1. The Morgan fingerprint density at radius 1 is 1.12 bits per heavy atom. The molecule has 0 aromatic rings. The minimum absolute atomic E-state index is 0.0661. The van der Waals surface area contributed by atoms with Gasteiger partial charge in [-0.25, -0.2) is 4.39 Å². The van der Waals surface area contributed by atoms with Crippen molar-refractivity contribution in [2.45, 2.75) is 45.7 Å². The molecule has 5 heteroatoms. The first-order valence-corrected chi connectivity index (χ1v) is 5.55. The summed E-state index contributed by atoms with van der Waals surface area (Å²) in [7, 11) is 0. The Bertz CT molecular complexity index is 218. The lowest BCUT2D eigenvalue weighted by atomic mass is 10.2. The largest absolute Gasteiger partial charge is 0.466 e. The van der Waals surface area contributed by atoms with Gasteiger partial charge in [-0.05, 0) is 13.3 Å². The quantitative estimate of drug-likeness (QED) is 0.603. The third-order valence-corrected chi connectivity index (χ3v) is 1.95. The molecule has 0 radical (unpaired) electrons. The van der Waals surface area contributed by atoms with Gasteiger partial charge in [-0.15, -0.1) is 0 Å². The van der Waals surface area contributed by atoms with Crippen molar-refractivity contribution in [2.75, 3.05) is 13.2 Å². The van der Waals surface area contributed by atoms with E-state index >= 15 is 0 Å². The molecule has 0 unspecified atom stereocenters. The molecule has 0 bridgehead atoms. The third-order valence-electron chi connectivity index (χ3n) is 1.95. The highest BCUT2D eigenvalue weighted by atomic mass is 19.1. The van der Waals surface area contributed by atoms with Crippen LogP contribution in [-0.4, -0.2) is 31.3 Å². The normalized spacial score (nSPS) is 11.9. The van der Waals surface area contributed by atoms with Crippen LogP contribution < -0.4 is 0 Å². The van der Waals surface area contributed by atoms with Gasteiger partial charge in [0.1, 0.15) is 6.17 Å². The van der Waals surface area contributed by atoms with Crippen molar-refractivity contribution in [3.8, 4) is 0 Å². The summed E-state index contributed by atoms with van der Waals surface area (Å²) in [6, 6.07) is 0. The first-order chi connectivity index (χ1) is 7.60. The molecule has 0 aromatic heterocycles. The molecule has 0 saturated carbocycles. The fourth-order valence-electron chi connectivity index (χ4n) is 1.05. The SMILES string of the molecule is CCOC(=O)CC[C@@H](F)CCOC(=O)CC. The monoisotopic (exact) mass is 234 g/mol. The highest BCUT2D eigenvalue weighted by Gasteiger charge is 2.11. The Morgan fingerprint density at radius 2 is 1.81 bits per heavy atom. The lowest BCUT2D eigenvalue weighted by Gasteiger charge is -2.08. The van der Waals surface area contributed by atoms with Gasteiger partial charge in [0.2, 0.25) is 0 Å². The van der Waals surface area contributed by atoms with Gasteiger partial charge in [0.15, 0.2) is 0 Å². The molecule has 0 fully saturated rings. The number of hydrogen-bond donors (Lipinski definition) is 0. The van der Waals surface area contributed by atoms with Crippen molar-refractivity contribution in [3.63, 3.8) is 0 Å². The summed E-state index contributed by atoms with van der Waals surface area (Å²) in [6.07, 6.45) is -0.529. The Morgan fingerprint density at radius 3 is 2.38 bits per heavy atom. The highest BCUT2D eigenvalue weighted by Crippen LogP contribution is 2.08. The number of carbonyl (C=O) groups excluding carboxylic acids is 2. The number of esters is 2. The molecule has 4 nitrogen and oxygen atoms in total. The maximum Gasteiger partial charge on any atom is 0.305 e. The molecule has 0 N–H and O–H groups in total. The van der Waals surface area contributed by atoms with E-state index in [1.807, 2.05) is 0 Å². The van der Waals surface area contributed by atoms with Crippen molar-refractivity contribution < 1.29 is 23.5 Å². The fraction of sp³-hybridized carbons (Fsp3) is 0.818. The highest BCUT2D eigenvalue weighted by molar-refractivity contribution is 5.69. The maximum absolute atomic E-state index is 13.2. The number of rotatable bonds is 8. The van der Waals surface area contributed by atoms with Crippen LogP contribution in [0.5, 0.6) is 0 Å². The molecule has 0 saturated heterocycles. The first-order valence-electron chi connectivity index (χ1n) is 5.55. The molecular formula is C11H19FO4. The Balaban J connectivity index is 3.47. The van der Waals surface area contributed by atoms with E-state index in [0.29, 0.717) is 13.0 Å². The third kappa shape index (κ3) is 8.20. The fourth-order valence-corrected chi connectivity index (χ4v) is 1.05. The average Bonchev–Trinajstić information content (AvgIpc) is 2.26. The molecular weight excluding hydrogens is 215 g/mol. The van der Waals surface area contributed by atoms with Crippen molar-refractivity contribution in [2.24, 2.45) is 0 Å². The second-order valence-electron chi connectivity index (χ2n) is 3.30. The molecule has 0 aliphatic carbocycles. The predicted octanol–water partition coefficient (Wildman–Crippen LogP) is 2.01. The number of ether oxygens (including phenoxy) is 2. The van der Waals surface area contributed by atoms with E-state index in [-0.39, 0.29) is 31.8 Å². The number of hydrogen-bond acceptors (Lipinski definition) is 4. The lowest BCUT2D eigenvalue weighted by molar-refractivity contribution is -0.145. The maximum atomic E-state index is 13.2. The summed E-state index contributed by atoms with van der Waals surface area (Å²) in [5.41, 5.74) is 0. The van der Waals surface area contributed by atoms with Crippen molar-refractivity contribution in [1.82, 2.24) is 0 Å². The number of carbonyl (C=O) groups is 2. The molecule has 0 aliphatic rings. The van der Waals surface area contributed by atoms with E-state index < -0.39 is 12.1 Å². The van der Waals surface area contributed by atoms with Crippen LogP contribution >= 0.6 is 0 Å². The van der Waals surface area contributed by atoms with Crippen LogP contribution in [0.3, 0.4) is 0 Å². The van der Waals surface area contributed by atoms with Crippen LogP contribution in [-0.2, 0) is 19.1 Å². The van der Waals surface area contributed by atoms with E-state index in [4.69, 9.17) is 4.74 Å². The van der Waals surface area contributed by atoms with Crippen molar-refractivity contribution in [3.05, 3.63) is 0 Å². The molecule has 0 aromatic carbocycles. The van der Waals surface area contributed by atoms with Gasteiger partial charge in [0.05, 0.1) is 13.2 Å². The minimum Gasteiger partial charge on any atom is -0.466 e. The molecule has 16 heavy (non-hydrogen) atoms. The summed E-state index contributed by atoms with van der Waals surface area (Å²) >= 11 is 0. The molecule has 0 aliphatic heterocycles. The van der Waals surface area contributed by atoms with Gasteiger partial charge in [-0.2, -0.15) is 0 Å². The van der Waals surface area contributed by atoms with Crippen LogP contribution in [0.15, 0.2) is 0 Å². The second kappa shape index (κ2) is 9.12. The molecule has 1 atom stereocenters. The molecule has 94 valence electrons. The van der Waals surface area contributed by atoms with Crippen LogP contribution in [0.4, 0.5) is 4.39 Å². The van der Waals surface area contributed by atoms with Crippen LogP contribution in [0.2, 0.25) is 0 Å². The topological polar surface area (TPSA) is 52.6 Å². The zero-order valence-electron chi connectivity index (χ0n) is 9.83. The first kappa shape index (κ1) is 14.9. The second-order valence-corrected chi connectivity index (χ2v) is 3.30. The zero-order valence-corrected chi connectivity index (χ0v) is 9.83. The summed E-state index contributed by atoms with van der Waals surface area (Å²) in [5, 5.41) is 0. The van der Waals surface area contributed by atoms with Crippen LogP contribution in [0.1, 0.15) is 39.5 Å². The van der Waals surface area contributed by atoms with Gasteiger partial charge in [0.25, 0.3) is 0 Å². The minimum atomic E-state index is -1.13. The standard InChI is InChI=1S/C11H19FO4/c1-3-10(13)16-8-7-9(12)5-6-11(14)15-4-2/h9H,3-8H2,1-2H3/t9-/m1/s1. The van der Waals surface area contributed by atoms with E-state index in [1.54, 1.807) is 13.8 Å². The van der Waals surface area contributed by atoms with Crippen molar-refractivity contribution >= 4 is 11.9 Å². The van der Waals surface area contributed by atoms with E-state index in [0.717, 1.165) is 0 Å². The van der Waals surface area contributed by atoms with Crippen LogP contribution in [0.25, 0.3) is 0 Å². The van der Waals surface area contributed by atoms with E-state index in [9.17, 15) is 14.0 Å². The summed E-state index contributed by atoms with van der Waals surface area (Å²) < 4.78 is 22.5. The molecule has 0 rings (SSSR count). The zero-order chi connectivity index (χ0) is 12.4.